The van der Waals surface area contributed by atoms with Crippen molar-refractivity contribution >= 4 is 17.2 Å². The van der Waals surface area contributed by atoms with E-state index >= 15 is 0 Å². The molecular weight excluding hydrogens is 328 g/mol. The highest BCUT2D eigenvalue weighted by molar-refractivity contribution is 7.10. The molecule has 4 aliphatic carbocycles. The summed E-state index contributed by atoms with van der Waals surface area (Å²) in [6.45, 7) is 3.15. The Kier molecular flexibility index (Phi) is 4.16. The fourth-order valence-corrected chi connectivity index (χ4v) is 7.57. The largest absolute Gasteiger partial charge is 0.354 e. The van der Waals surface area contributed by atoms with Crippen LogP contribution in [0.2, 0.25) is 0 Å². The van der Waals surface area contributed by atoms with Gasteiger partial charge in [-0.2, -0.15) is 0 Å². The molecule has 2 heterocycles. The second-order valence-electron chi connectivity index (χ2n) is 9.18. The highest BCUT2D eigenvalue weighted by atomic mass is 32.1. The zero-order chi connectivity index (χ0) is 16.9. The van der Waals surface area contributed by atoms with Crippen LogP contribution < -0.4 is 5.32 Å². The van der Waals surface area contributed by atoms with Gasteiger partial charge in [0.2, 0.25) is 5.91 Å². The van der Waals surface area contributed by atoms with Crippen LogP contribution >= 0.6 is 11.3 Å². The van der Waals surface area contributed by atoms with Crippen LogP contribution in [0.15, 0.2) is 17.5 Å². The van der Waals surface area contributed by atoms with Gasteiger partial charge in [0.15, 0.2) is 0 Å². The monoisotopic (exact) mass is 358 g/mol. The van der Waals surface area contributed by atoms with E-state index in [1.807, 2.05) is 11.3 Å². The maximum absolute atomic E-state index is 13.3. The van der Waals surface area contributed by atoms with Gasteiger partial charge >= 0.3 is 0 Å². The number of carbonyl (C=O) groups is 1. The van der Waals surface area contributed by atoms with E-state index in [0.717, 1.165) is 24.3 Å². The van der Waals surface area contributed by atoms with Crippen LogP contribution in [0.25, 0.3) is 0 Å². The molecule has 3 nitrogen and oxygen atoms in total. The van der Waals surface area contributed by atoms with Crippen LogP contribution in [0, 0.1) is 23.2 Å². The molecule has 0 radical (unpaired) electrons. The Morgan fingerprint density at radius 1 is 1.16 bits per heavy atom. The van der Waals surface area contributed by atoms with Gasteiger partial charge in [-0.25, -0.2) is 0 Å². The van der Waals surface area contributed by atoms with E-state index in [0.29, 0.717) is 11.9 Å². The Labute approximate surface area is 155 Å². The van der Waals surface area contributed by atoms with Crippen LogP contribution in [0.3, 0.4) is 0 Å². The highest BCUT2D eigenvalue weighted by Crippen LogP contribution is 2.60. The number of nitrogens with zero attached hydrogens (tertiary/aromatic N) is 1. The number of carbonyl (C=O) groups excluding carboxylic acids is 1. The van der Waals surface area contributed by atoms with Crippen molar-refractivity contribution in [3.05, 3.63) is 22.4 Å². The minimum absolute atomic E-state index is 0.0141. The highest BCUT2D eigenvalue weighted by Gasteiger charge is 2.54. The van der Waals surface area contributed by atoms with Crippen molar-refractivity contribution < 1.29 is 4.79 Å². The lowest BCUT2D eigenvalue weighted by Gasteiger charge is -2.55. The van der Waals surface area contributed by atoms with E-state index in [1.165, 1.54) is 69.3 Å². The minimum Gasteiger partial charge on any atom is -0.354 e. The summed E-state index contributed by atoms with van der Waals surface area (Å²) in [6, 6.07) is 4.76. The maximum Gasteiger partial charge on any atom is 0.226 e. The molecule has 4 heteroatoms. The summed E-state index contributed by atoms with van der Waals surface area (Å²) >= 11 is 1.84. The number of hydrogen-bond acceptors (Lipinski definition) is 3. The second kappa shape index (κ2) is 6.38. The van der Waals surface area contributed by atoms with E-state index < -0.39 is 0 Å². The van der Waals surface area contributed by atoms with Crippen LogP contribution in [0.1, 0.15) is 62.3 Å². The fourth-order valence-electron chi connectivity index (χ4n) is 6.71. The van der Waals surface area contributed by atoms with E-state index in [-0.39, 0.29) is 5.41 Å². The van der Waals surface area contributed by atoms with Gasteiger partial charge in [0, 0.05) is 16.8 Å². The van der Waals surface area contributed by atoms with Gasteiger partial charge in [-0.3, -0.25) is 9.69 Å². The lowest BCUT2D eigenvalue weighted by molar-refractivity contribution is -0.146. The lowest BCUT2D eigenvalue weighted by Crippen LogP contribution is -2.54. The number of hydrogen-bond donors (Lipinski definition) is 1. The van der Waals surface area contributed by atoms with Gasteiger partial charge in [0.25, 0.3) is 0 Å². The van der Waals surface area contributed by atoms with Gasteiger partial charge < -0.3 is 5.32 Å². The predicted molar refractivity (Wildman–Crippen MR) is 101 cm³/mol. The molecule has 1 aliphatic heterocycles. The van der Waals surface area contributed by atoms with Crippen molar-refractivity contribution in [3.8, 4) is 0 Å². The quantitative estimate of drug-likeness (QED) is 0.855. The van der Waals surface area contributed by atoms with Crippen molar-refractivity contribution in [2.75, 3.05) is 19.6 Å². The third-order valence-electron chi connectivity index (χ3n) is 7.43. The molecule has 1 amide bonds. The normalized spacial score (nSPS) is 38.2. The topological polar surface area (TPSA) is 32.3 Å². The number of amides is 1. The van der Waals surface area contributed by atoms with E-state index in [2.05, 4.69) is 27.7 Å². The molecule has 0 aromatic carbocycles. The zero-order valence-corrected chi connectivity index (χ0v) is 15.9. The van der Waals surface area contributed by atoms with Crippen LogP contribution in [0.4, 0.5) is 0 Å². The molecule has 4 bridgehead atoms. The summed E-state index contributed by atoms with van der Waals surface area (Å²) in [5, 5.41) is 5.60. The number of rotatable bonds is 5. The van der Waals surface area contributed by atoms with Crippen molar-refractivity contribution in [3.63, 3.8) is 0 Å². The Balaban J connectivity index is 1.29. The zero-order valence-electron chi connectivity index (χ0n) is 15.1. The van der Waals surface area contributed by atoms with Crippen molar-refractivity contribution in [2.45, 2.75) is 57.4 Å². The summed E-state index contributed by atoms with van der Waals surface area (Å²) in [7, 11) is 0. The first kappa shape index (κ1) is 16.3. The first-order chi connectivity index (χ1) is 12.2. The summed E-state index contributed by atoms with van der Waals surface area (Å²) in [5.41, 5.74) is -0.0141. The van der Waals surface area contributed by atoms with E-state index in [9.17, 15) is 4.79 Å². The molecule has 4 saturated carbocycles. The smallest absolute Gasteiger partial charge is 0.226 e. The van der Waals surface area contributed by atoms with Gasteiger partial charge in [-0.15, -0.1) is 11.3 Å². The average molecular weight is 359 g/mol. The first-order valence-corrected chi connectivity index (χ1v) is 11.2. The van der Waals surface area contributed by atoms with Crippen LogP contribution in [-0.2, 0) is 4.79 Å². The molecule has 1 unspecified atom stereocenters. The van der Waals surface area contributed by atoms with Gasteiger partial charge in [-0.05, 0) is 93.7 Å². The molecule has 1 aromatic rings. The SMILES string of the molecule is O=C(NCC(c1cccs1)N1CCCC1)C12CC3CC(CC(C3)C1)C2. The summed E-state index contributed by atoms with van der Waals surface area (Å²) in [6.07, 6.45) is 10.3. The first-order valence-electron chi connectivity index (χ1n) is 10.3. The predicted octanol–water partition coefficient (Wildman–Crippen LogP) is 4.22. The van der Waals surface area contributed by atoms with E-state index in [4.69, 9.17) is 0 Å². The molecule has 1 saturated heterocycles. The lowest BCUT2D eigenvalue weighted by atomic mass is 9.49. The standard InChI is InChI=1S/C21H30N2OS/c24-20(21-11-15-8-16(12-21)10-17(9-15)13-21)22-14-18(19-4-3-7-25-19)23-5-1-2-6-23/h3-4,7,15-18H,1-2,5-6,8-14H2,(H,22,24). The van der Waals surface area contributed by atoms with Crippen LogP contribution in [-0.4, -0.2) is 30.4 Å². The van der Waals surface area contributed by atoms with Gasteiger partial charge in [0.1, 0.15) is 0 Å². The summed E-state index contributed by atoms with van der Waals surface area (Å²) in [4.78, 5) is 17.2. The van der Waals surface area contributed by atoms with Gasteiger partial charge in [-0.1, -0.05) is 6.07 Å². The molecule has 5 fully saturated rings. The molecule has 0 spiro atoms. The Morgan fingerprint density at radius 2 is 1.80 bits per heavy atom. The van der Waals surface area contributed by atoms with Crippen molar-refractivity contribution in [2.24, 2.45) is 23.2 Å². The van der Waals surface area contributed by atoms with Crippen molar-refractivity contribution in [1.29, 1.82) is 0 Å². The third-order valence-corrected chi connectivity index (χ3v) is 8.40. The Bertz CT molecular complexity index is 585. The molecular formula is C21H30N2OS. The number of nitrogens with one attached hydrogen (secondary N) is 1. The molecule has 25 heavy (non-hydrogen) atoms. The Morgan fingerprint density at radius 3 is 2.36 bits per heavy atom. The Hall–Kier alpha value is -0.870. The second-order valence-corrected chi connectivity index (χ2v) is 10.2. The minimum atomic E-state index is -0.0141. The molecule has 1 aromatic heterocycles. The molecule has 5 aliphatic rings. The molecule has 1 atom stereocenters. The van der Waals surface area contributed by atoms with Crippen LogP contribution in [0.5, 0.6) is 0 Å². The molecule has 1 N–H and O–H groups in total. The van der Waals surface area contributed by atoms with E-state index in [1.54, 1.807) is 0 Å². The van der Waals surface area contributed by atoms with Crippen molar-refractivity contribution in [1.82, 2.24) is 10.2 Å². The number of likely N-dealkylation sites (tertiary alicyclic amines) is 1. The fraction of sp³-hybridized carbons (Fsp3) is 0.762. The third kappa shape index (κ3) is 2.95. The number of thiophene rings is 1. The average Bonchev–Trinajstić information content (AvgIpc) is 3.28. The maximum atomic E-state index is 13.3. The van der Waals surface area contributed by atoms with Gasteiger partial charge in [0.05, 0.1) is 6.04 Å². The summed E-state index contributed by atoms with van der Waals surface area (Å²) < 4.78 is 0. The molecule has 136 valence electrons. The molecule has 6 rings (SSSR count). The summed E-state index contributed by atoms with van der Waals surface area (Å²) in [5.74, 6) is 2.89.